The maximum absolute atomic E-state index is 3.56. The van der Waals surface area contributed by atoms with Crippen LogP contribution in [0.3, 0.4) is 0 Å². The Morgan fingerprint density at radius 1 is 1.14 bits per heavy atom. The van der Waals surface area contributed by atoms with E-state index in [0.29, 0.717) is 0 Å². The summed E-state index contributed by atoms with van der Waals surface area (Å²) < 4.78 is 0. The lowest BCUT2D eigenvalue weighted by atomic mass is 10.3. The second-order valence-corrected chi connectivity index (χ2v) is 4.84. The van der Waals surface area contributed by atoms with Crippen LogP contribution in [-0.4, -0.2) is 37.1 Å². The van der Waals surface area contributed by atoms with Crippen LogP contribution in [0.25, 0.3) is 0 Å². The average Bonchev–Trinajstić information content (AvgIpc) is 3.02. The molecule has 0 radical (unpaired) electrons. The fourth-order valence-corrected chi connectivity index (χ4v) is 2.10. The average molecular weight is 196 g/mol. The molecule has 2 aliphatic carbocycles. The number of rotatable bonds is 8. The van der Waals surface area contributed by atoms with E-state index in [1.165, 1.54) is 58.3 Å². The fourth-order valence-electron chi connectivity index (χ4n) is 2.10. The lowest BCUT2D eigenvalue weighted by molar-refractivity contribution is 0.277. The van der Waals surface area contributed by atoms with E-state index in [-0.39, 0.29) is 0 Å². The van der Waals surface area contributed by atoms with E-state index in [2.05, 4.69) is 17.1 Å². The number of nitrogens with one attached hydrogen (secondary N) is 1. The van der Waals surface area contributed by atoms with E-state index < -0.39 is 0 Å². The molecule has 0 aromatic heterocycles. The Morgan fingerprint density at radius 3 is 2.50 bits per heavy atom. The molecule has 2 aliphatic rings. The van der Waals surface area contributed by atoms with Crippen molar-refractivity contribution in [3.8, 4) is 0 Å². The molecule has 2 heteroatoms. The van der Waals surface area contributed by atoms with Gasteiger partial charge in [0.25, 0.3) is 0 Å². The highest BCUT2D eigenvalue weighted by molar-refractivity contribution is 4.84. The second kappa shape index (κ2) is 5.13. The number of hydrogen-bond donors (Lipinski definition) is 1. The topological polar surface area (TPSA) is 15.3 Å². The number of likely N-dealkylation sites (N-methyl/N-ethyl adjacent to an activating group) is 1. The first-order valence-electron chi connectivity index (χ1n) is 6.35. The first kappa shape index (κ1) is 10.4. The van der Waals surface area contributed by atoms with Crippen LogP contribution in [0.2, 0.25) is 0 Å². The fraction of sp³-hybridized carbons (Fsp3) is 1.00. The van der Waals surface area contributed by atoms with Crippen molar-refractivity contribution in [2.75, 3.05) is 26.2 Å². The van der Waals surface area contributed by atoms with Gasteiger partial charge in [-0.05, 0) is 38.3 Å². The van der Waals surface area contributed by atoms with E-state index in [1.54, 1.807) is 0 Å². The Labute approximate surface area is 88.1 Å². The first-order chi connectivity index (χ1) is 6.90. The van der Waals surface area contributed by atoms with E-state index in [0.717, 1.165) is 12.0 Å². The molecule has 0 spiro atoms. The van der Waals surface area contributed by atoms with Gasteiger partial charge in [0.05, 0.1) is 0 Å². The van der Waals surface area contributed by atoms with Crippen molar-refractivity contribution in [1.29, 1.82) is 0 Å². The minimum Gasteiger partial charge on any atom is -0.315 e. The van der Waals surface area contributed by atoms with Crippen molar-refractivity contribution in [3.63, 3.8) is 0 Å². The van der Waals surface area contributed by atoms with Crippen LogP contribution in [0.4, 0.5) is 0 Å². The first-order valence-corrected chi connectivity index (χ1v) is 6.35. The van der Waals surface area contributed by atoms with Crippen LogP contribution in [0.1, 0.15) is 39.0 Å². The van der Waals surface area contributed by atoms with Crippen LogP contribution >= 0.6 is 0 Å². The summed E-state index contributed by atoms with van der Waals surface area (Å²) in [6.07, 6.45) is 7.27. The molecular weight excluding hydrogens is 172 g/mol. The van der Waals surface area contributed by atoms with Crippen molar-refractivity contribution in [1.82, 2.24) is 10.2 Å². The summed E-state index contributed by atoms with van der Waals surface area (Å²) in [5.41, 5.74) is 0. The van der Waals surface area contributed by atoms with Gasteiger partial charge >= 0.3 is 0 Å². The van der Waals surface area contributed by atoms with Crippen LogP contribution in [-0.2, 0) is 0 Å². The summed E-state index contributed by atoms with van der Waals surface area (Å²) in [5.74, 6) is 1.08. The smallest absolute Gasteiger partial charge is 0.0110 e. The molecule has 0 bridgehead atoms. The van der Waals surface area contributed by atoms with Gasteiger partial charge in [0.2, 0.25) is 0 Å². The molecule has 0 unspecified atom stereocenters. The second-order valence-electron chi connectivity index (χ2n) is 4.84. The van der Waals surface area contributed by atoms with Gasteiger partial charge in [-0.1, -0.05) is 19.8 Å². The molecule has 2 rings (SSSR count). The predicted octanol–water partition coefficient (Wildman–Crippen LogP) is 1.86. The standard InChI is InChI=1S/C12H24N2/c1-2-14(12-5-6-12)10-9-13-8-7-11-3-4-11/h11-13H,2-10H2,1H3. The summed E-state index contributed by atoms with van der Waals surface area (Å²) in [4.78, 5) is 2.62. The zero-order chi connectivity index (χ0) is 9.80. The van der Waals surface area contributed by atoms with Gasteiger partial charge in [-0.25, -0.2) is 0 Å². The molecule has 2 nitrogen and oxygen atoms in total. The highest BCUT2D eigenvalue weighted by atomic mass is 15.2. The molecule has 1 N–H and O–H groups in total. The quantitative estimate of drug-likeness (QED) is 0.596. The Kier molecular flexibility index (Phi) is 3.82. The minimum atomic E-state index is 0.935. The van der Waals surface area contributed by atoms with Crippen molar-refractivity contribution < 1.29 is 0 Å². The molecule has 0 aromatic carbocycles. The van der Waals surface area contributed by atoms with Gasteiger partial charge in [0, 0.05) is 19.1 Å². The van der Waals surface area contributed by atoms with Gasteiger partial charge in [0.1, 0.15) is 0 Å². The van der Waals surface area contributed by atoms with Crippen LogP contribution in [0, 0.1) is 5.92 Å². The zero-order valence-electron chi connectivity index (χ0n) is 9.47. The molecule has 0 atom stereocenters. The Morgan fingerprint density at radius 2 is 1.93 bits per heavy atom. The van der Waals surface area contributed by atoms with Gasteiger partial charge in [-0.3, -0.25) is 4.90 Å². The van der Waals surface area contributed by atoms with Crippen molar-refractivity contribution >= 4 is 0 Å². The summed E-state index contributed by atoms with van der Waals surface area (Å²) in [6.45, 7) is 7.20. The maximum atomic E-state index is 3.56. The molecule has 0 amide bonds. The predicted molar refractivity (Wildman–Crippen MR) is 60.5 cm³/mol. The molecule has 2 fully saturated rings. The lowest BCUT2D eigenvalue weighted by Gasteiger charge is -2.19. The third-order valence-electron chi connectivity index (χ3n) is 3.47. The van der Waals surface area contributed by atoms with Crippen molar-refractivity contribution in [2.24, 2.45) is 5.92 Å². The van der Waals surface area contributed by atoms with E-state index >= 15 is 0 Å². The highest BCUT2D eigenvalue weighted by Gasteiger charge is 2.27. The number of hydrogen-bond acceptors (Lipinski definition) is 2. The monoisotopic (exact) mass is 196 g/mol. The summed E-state index contributed by atoms with van der Waals surface area (Å²) >= 11 is 0. The molecule has 0 aromatic rings. The molecule has 14 heavy (non-hydrogen) atoms. The summed E-state index contributed by atoms with van der Waals surface area (Å²) in [5, 5.41) is 3.56. The minimum absolute atomic E-state index is 0.935. The normalized spacial score (nSPS) is 21.9. The largest absolute Gasteiger partial charge is 0.315 e. The van der Waals surface area contributed by atoms with Gasteiger partial charge in [-0.15, -0.1) is 0 Å². The molecule has 0 heterocycles. The van der Waals surface area contributed by atoms with E-state index in [1.807, 2.05) is 0 Å². The zero-order valence-corrected chi connectivity index (χ0v) is 9.47. The van der Waals surface area contributed by atoms with Crippen LogP contribution in [0.5, 0.6) is 0 Å². The van der Waals surface area contributed by atoms with E-state index in [4.69, 9.17) is 0 Å². The molecular formula is C12H24N2. The number of nitrogens with zero attached hydrogens (tertiary/aromatic N) is 1. The van der Waals surface area contributed by atoms with Gasteiger partial charge in [0.15, 0.2) is 0 Å². The summed E-state index contributed by atoms with van der Waals surface area (Å²) in [6, 6.07) is 0.935. The third-order valence-corrected chi connectivity index (χ3v) is 3.47. The van der Waals surface area contributed by atoms with Gasteiger partial charge < -0.3 is 5.32 Å². The lowest BCUT2D eigenvalue weighted by Crippen LogP contribution is -2.34. The Bertz CT molecular complexity index is 162. The maximum Gasteiger partial charge on any atom is 0.0110 e. The molecule has 2 saturated carbocycles. The SMILES string of the molecule is CCN(CCNCCC1CC1)C1CC1. The highest BCUT2D eigenvalue weighted by Crippen LogP contribution is 2.31. The van der Waals surface area contributed by atoms with Crippen LogP contribution in [0.15, 0.2) is 0 Å². The molecule has 0 saturated heterocycles. The van der Waals surface area contributed by atoms with E-state index in [9.17, 15) is 0 Å². The Balaban J connectivity index is 1.43. The third kappa shape index (κ3) is 3.58. The van der Waals surface area contributed by atoms with Crippen LogP contribution < -0.4 is 5.32 Å². The molecule has 0 aliphatic heterocycles. The van der Waals surface area contributed by atoms with Gasteiger partial charge in [-0.2, -0.15) is 0 Å². The summed E-state index contributed by atoms with van der Waals surface area (Å²) in [7, 11) is 0. The Hall–Kier alpha value is -0.0800. The molecule has 82 valence electrons. The van der Waals surface area contributed by atoms with Crippen molar-refractivity contribution in [2.45, 2.75) is 45.1 Å². The van der Waals surface area contributed by atoms with Crippen molar-refractivity contribution in [3.05, 3.63) is 0 Å².